The first kappa shape index (κ1) is 19.8. The van der Waals surface area contributed by atoms with Gasteiger partial charge in [0.2, 0.25) is 5.91 Å². The van der Waals surface area contributed by atoms with Crippen molar-refractivity contribution in [3.8, 4) is 0 Å². The van der Waals surface area contributed by atoms with Gasteiger partial charge in [-0.1, -0.05) is 24.3 Å². The Hall–Kier alpha value is -2.54. The molecule has 7 heteroatoms. The third-order valence-electron chi connectivity index (χ3n) is 3.77. The van der Waals surface area contributed by atoms with Gasteiger partial charge in [-0.05, 0) is 41.6 Å². The Morgan fingerprint density at radius 2 is 1.62 bits per heavy atom. The minimum Gasteiger partial charge on any atom is -0.340 e. The second-order valence-corrected chi connectivity index (χ2v) is 6.64. The predicted molar refractivity (Wildman–Crippen MR) is 101 cm³/mol. The van der Waals surface area contributed by atoms with E-state index in [1.807, 2.05) is 30.5 Å². The molecule has 0 aliphatic heterocycles. The van der Waals surface area contributed by atoms with E-state index in [1.165, 1.54) is 17.0 Å². The monoisotopic (exact) mass is 375 g/mol. The smallest absolute Gasteiger partial charge is 0.315 e. The summed E-state index contributed by atoms with van der Waals surface area (Å²) in [4.78, 5) is 26.6. The Balaban J connectivity index is 1.72. The zero-order valence-corrected chi connectivity index (χ0v) is 15.6. The quantitative estimate of drug-likeness (QED) is 0.732. The molecule has 2 aromatic carbocycles. The summed E-state index contributed by atoms with van der Waals surface area (Å²) in [5, 5.41) is 5.16. The van der Waals surface area contributed by atoms with Crippen LogP contribution in [0.4, 0.5) is 9.18 Å². The number of thioether (sulfide) groups is 1. The number of nitrogens with one attached hydrogen (secondary N) is 2. The van der Waals surface area contributed by atoms with Crippen LogP contribution in [-0.4, -0.2) is 36.7 Å². The van der Waals surface area contributed by atoms with Gasteiger partial charge < -0.3 is 15.5 Å². The molecule has 2 N–H and O–H groups in total. The summed E-state index contributed by atoms with van der Waals surface area (Å²) in [6, 6.07) is 13.4. The van der Waals surface area contributed by atoms with Gasteiger partial charge in [0.15, 0.2) is 0 Å². The van der Waals surface area contributed by atoms with E-state index >= 15 is 0 Å². The number of nitrogens with zero attached hydrogens (tertiary/aromatic N) is 1. The van der Waals surface area contributed by atoms with Gasteiger partial charge in [-0.25, -0.2) is 9.18 Å². The van der Waals surface area contributed by atoms with Crippen LogP contribution in [0.2, 0.25) is 0 Å². The van der Waals surface area contributed by atoms with Crippen LogP contribution in [0.15, 0.2) is 53.4 Å². The van der Waals surface area contributed by atoms with E-state index in [1.54, 1.807) is 35.8 Å². The number of likely N-dealkylation sites (N-methyl/N-ethyl adjacent to an activating group) is 1. The molecule has 0 unspecified atom stereocenters. The zero-order valence-electron chi connectivity index (χ0n) is 14.8. The molecule has 0 bridgehead atoms. The summed E-state index contributed by atoms with van der Waals surface area (Å²) in [6.45, 7) is 0.652. The van der Waals surface area contributed by atoms with Gasteiger partial charge in [-0.3, -0.25) is 4.79 Å². The number of amides is 3. The molecule has 138 valence electrons. The number of carbonyl (C=O) groups excluding carboxylic acids is 2. The van der Waals surface area contributed by atoms with E-state index in [4.69, 9.17) is 0 Å². The molecular weight excluding hydrogens is 353 g/mol. The van der Waals surface area contributed by atoms with Gasteiger partial charge in [-0.2, -0.15) is 0 Å². The Kier molecular flexibility index (Phi) is 7.47. The number of rotatable bonds is 7. The zero-order chi connectivity index (χ0) is 18.9. The maximum Gasteiger partial charge on any atom is 0.315 e. The highest BCUT2D eigenvalue weighted by Gasteiger charge is 2.11. The van der Waals surface area contributed by atoms with Crippen molar-refractivity contribution < 1.29 is 14.0 Å². The van der Waals surface area contributed by atoms with Crippen LogP contribution in [0.1, 0.15) is 11.1 Å². The Labute approximate surface area is 157 Å². The third kappa shape index (κ3) is 6.40. The Bertz CT molecular complexity index is 735. The molecule has 0 spiro atoms. The highest BCUT2D eigenvalue weighted by Crippen LogP contribution is 2.15. The molecule has 0 heterocycles. The molecule has 2 aromatic rings. The maximum atomic E-state index is 12.8. The Morgan fingerprint density at radius 1 is 1.00 bits per heavy atom. The second-order valence-electron chi connectivity index (χ2n) is 5.76. The molecule has 5 nitrogen and oxygen atoms in total. The van der Waals surface area contributed by atoms with Crippen LogP contribution in [-0.2, 0) is 17.9 Å². The van der Waals surface area contributed by atoms with E-state index in [9.17, 15) is 14.0 Å². The molecule has 0 fully saturated rings. The van der Waals surface area contributed by atoms with Crippen LogP contribution in [0.25, 0.3) is 0 Å². The minimum atomic E-state index is -0.444. The van der Waals surface area contributed by atoms with Crippen LogP contribution >= 0.6 is 11.8 Å². The average Bonchev–Trinajstić information content (AvgIpc) is 2.66. The molecule has 0 radical (unpaired) electrons. The van der Waals surface area contributed by atoms with Gasteiger partial charge in [0.25, 0.3) is 0 Å². The van der Waals surface area contributed by atoms with Crippen molar-refractivity contribution in [3.63, 3.8) is 0 Å². The summed E-state index contributed by atoms with van der Waals surface area (Å²) in [6.07, 6.45) is 2.01. The largest absolute Gasteiger partial charge is 0.340 e. The topological polar surface area (TPSA) is 61.4 Å². The maximum absolute atomic E-state index is 12.8. The highest BCUT2D eigenvalue weighted by atomic mass is 32.2. The van der Waals surface area contributed by atoms with Crippen molar-refractivity contribution >= 4 is 23.7 Å². The van der Waals surface area contributed by atoms with E-state index in [2.05, 4.69) is 10.6 Å². The lowest BCUT2D eigenvalue weighted by atomic mass is 10.2. The normalized spacial score (nSPS) is 10.3. The molecule has 3 amide bonds. The number of halogens is 1. The third-order valence-corrected chi connectivity index (χ3v) is 4.51. The lowest BCUT2D eigenvalue weighted by molar-refractivity contribution is -0.129. The standard InChI is InChI=1S/C19H22FN3O2S/c1-23(13-15-5-9-17(26-2)10-6-15)18(24)12-22-19(25)21-11-14-3-7-16(20)8-4-14/h3-10H,11-13H2,1-2H3,(H2,21,22,25). The summed E-state index contributed by atoms with van der Waals surface area (Å²) in [5.74, 6) is -0.509. The molecule has 0 aliphatic carbocycles. The first-order chi connectivity index (χ1) is 12.5. The first-order valence-corrected chi connectivity index (χ1v) is 9.33. The number of hydrogen-bond donors (Lipinski definition) is 2. The number of carbonyl (C=O) groups is 2. The molecule has 0 saturated carbocycles. The molecule has 0 aromatic heterocycles. The lowest BCUT2D eigenvalue weighted by Gasteiger charge is -2.18. The van der Waals surface area contributed by atoms with Crippen molar-refractivity contribution in [2.45, 2.75) is 18.0 Å². The van der Waals surface area contributed by atoms with Crippen molar-refractivity contribution in [1.82, 2.24) is 15.5 Å². The predicted octanol–water partition coefficient (Wildman–Crippen LogP) is 3.01. The van der Waals surface area contributed by atoms with Crippen molar-refractivity contribution in [2.24, 2.45) is 0 Å². The van der Waals surface area contributed by atoms with E-state index in [0.29, 0.717) is 6.54 Å². The van der Waals surface area contributed by atoms with E-state index in [-0.39, 0.29) is 24.8 Å². The molecule has 26 heavy (non-hydrogen) atoms. The van der Waals surface area contributed by atoms with Crippen LogP contribution in [0.3, 0.4) is 0 Å². The summed E-state index contributed by atoms with van der Waals surface area (Å²) >= 11 is 1.66. The molecule has 2 rings (SSSR count). The number of urea groups is 1. The number of benzene rings is 2. The van der Waals surface area contributed by atoms with Crippen molar-refractivity contribution in [1.29, 1.82) is 0 Å². The van der Waals surface area contributed by atoms with Gasteiger partial charge in [0.05, 0.1) is 6.54 Å². The fraction of sp³-hybridized carbons (Fsp3) is 0.263. The SMILES string of the molecule is CSc1ccc(CN(C)C(=O)CNC(=O)NCc2ccc(F)cc2)cc1. The lowest BCUT2D eigenvalue weighted by Crippen LogP contribution is -2.42. The fourth-order valence-electron chi connectivity index (χ4n) is 2.23. The summed E-state index contributed by atoms with van der Waals surface area (Å²) < 4.78 is 12.8. The second kappa shape index (κ2) is 9.82. The van der Waals surface area contributed by atoms with Gasteiger partial charge in [0, 0.05) is 25.0 Å². The number of hydrogen-bond acceptors (Lipinski definition) is 3. The van der Waals surface area contributed by atoms with Gasteiger partial charge in [-0.15, -0.1) is 11.8 Å². The fourth-order valence-corrected chi connectivity index (χ4v) is 2.64. The molecule has 0 aliphatic rings. The highest BCUT2D eigenvalue weighted by molar-refractivity contribution is 7.98. The molecular formula is C19H22FN3O2S. The average molecular weight is 375 g/mol. The van der Waals surface area contributed by atoms with Crippen LogP contribution in [0.5, 0.6) is 0 Å². The summed E-state index contributed by atoms with van der Waals surface area (Å²) in [5.41, 5.74) is 1.80. The van der Waals surface area contributed by atoms with Crippen LogP contribution in [0, 0.1) is 5.82 Å². The summed E-state index contributed by atoms with van der Waals surface area (Å²) in [7, 11) is 1.70. The van der Waals surface area contributed by atoms with Crippen molar-refractivity contribution in [3.05, 3.63) is 65.5 Å². The van der Waals surface area contributed by atoms with Crippen LogP contribution < -0.4 is 10.6 Å². The van der Waals surface area contributed by atoms with Gasteiger partial charge in [0.1, 0.15) is 5.82 Å². The van der Waals surface area contributed by atoms with E-state index < -0.39 is 6.03 Å². The molecule has 0 atom stereocenters. The molecule has 0 saturated heterocycles. The van der Waals surface area contributed by atoms with Gasteiger partial charge >= 0.3 is 6.03 Å². The van der Waals surface area contributed by atoms with Crippen molar-refractivity contribution in [2.75, 3.05) is 19.8 Å². The first-order valence-electron chi connectivity index (χ1n) is 8.11. The minimum absolute atomic E-state index is 0.0886. The Morgan fingerprint density at radius 3 is 2.23 bits per heavy atom. The van der Waals surface area contributed by atoms with E-state index in [0.717, 1.165) is 11.1 Å².